The molecule has 0 saturated heterocycles. The fraction of sp³-hybridized carbons (Fsp3) is 0.190. The zero-order valence-corrected chi connectivity index (χ0v) is 15.9. The third kappa shape index (κ3) is 3.77. The summed E-state index contributed by atoms with van der Waals surface area (Å²) in [5.74, 6) is -0.176. The summed E-state index contributed by atoms with van der Waals surface area (Å²) in [6, 6.07) is 12.5. The van der Waals surface area contributed by atoms with Gasteiger partial charge in [-0.1, -0.05) is 23.7 Å². The van der Waals surface area contributed by atoms with Crippen LogP contribution in [0, 0.1) is 11.3 Å². The smallest absolute Gasteiger partial charge is 0.271 e. The van der Waals surface area contributed by atoms with Gasteiger partial charge in [0, 0.05) is 29.3 Å². The van der Waals surface area contributed by atoms with Crippen LogP contribution in [0.2, 0.25) is 5.02 Å². The molecule has 1 aliphatic rings. The lowest BCUT2D eigenvalue weighted by Crippen LogP contribution is -2.43. The lowest BCUT2D eigenvalue weighted by atomic mass is 9.94. The Labute approximate surface area is 166 Å². The number of nitriles is 1. The van der Waals surface area contributed by atoms with Crippen molar-refractivity contribution < 1.29 is 19.1 Å². The van der Waals surface area contributed by atoms with Crippen molar-refractivity contribution in [1.29, 1.82) is 5.26 Å². The molecule has 142 valence electrons. The predicted octanol–water partition coefficient (Wildman–Crippen LogP) is 3.57. The molecule has 6 nitrogen and oxygen atoms in total. The number of imide groups is 1. The first kappa shape index (κ1) is 19.6. The van der Waals surface area contributed by atoms with Crippen molar-refractivity contribution in [2.24, 2.45) is 0 Å². The van der Waals surface area contributed by atoms with Crippen molar-refractivity contribution >= 4 is 29.5 Å². The van der Waals surface area contributed by atoms with Gasteiger partial charge in [-0.15, -0.1) is 0 Å². The molecule has 0 fully saturated rings. The molecule has 0 saturated carbocycles. The van der Waals surface area contributed by atoms with Gasteiger partial charge in [0.2, 0.25) is 0 Å². The van der Waals surface area contributed by atoms with Crippen LogP contribution in [0.4, 0.5) is 0 Å². The standard InChI is InChI=1S/C21H17ClN2O4/c1-13-17(20(26)24(8-3-9-25)21(27)18(13)12-23)11-16-6-7-19(28-16)14-4-2-5-15(22)10-14/h2,4-7,10-11,25H,3,8-9H2,1H3/b17-11-. The molecule has 0 unspecified atom stereocenters. The number of nitrogens with zero attached hydrogens (tertiary/aromatic N) is 2. The molecule has 1 N–H and O–H groups in total. The van der Waals surface area contributed by atoms with E-state index in [9.17, 15) is 14.9 Å². The number of carbonyl (C=O) groups is 2. The summed E-state index contributed by atoms with van der Waals surface area (Å²) in [5.41, 5.74) is 1.21. The maximum absolute atomic E-state index is 12.8. The molecule has 0 atom stereocenters. The van der Waals surface area contributed by atoms with Gasteiger partial charge in [0.15, 0.2) is 0 Å². The summed E-state index contributed by atoms with van der Waals surface area (Å²) in [6.07, 6.45) is 1.75. The molecule has 0 spiro atoms. The van der Waals surface area contributed by atoms with Crippen molar-refractivity contribution in [1.82, 2.24) is 4.90 Å². The van der Waals surface area contributed by atoms with Crippen molar-refractivity contribution in [3.63, 3.8) is 0 Å². The van der Waals surface area contributed by atoms with Crippen LogP contribution in [0.1, 0.15) is 19.1 Å². The topological polar surface area (TPSA) is 94.5 Å². The van der Waals surface area contributed by atoms with E-state index in [2.05, 4.69) is 0 Å². The molecule has 2 amide bonds. The molecule has 28 heavy (non-hydrogen) atoms. The van der Waals surface area contributed by atoms with Crippen molar-refractivity contribution in [3.05, 3.63) is 63.9 Å². The molecule has 2 aromatic rings. The number of rotatable bonds is 5. The Hall–Kier alpha value is -3.14. The number of hydrogen-bond donors (Lipinski definition) is 1. The second-order valence-corrected chi connectivity index (χ2v) is 6.66. The van der Waals surface area contributed by atoms with Crippen molar-refractivity contribution in [3.8, 4) is 17.4 Å². The van der Waals surface area contributed by atoms with Crippen LogP contribution in [0.15, 0.2) is 57.5 Å². The first-order chi connectivity index (χ1) is 13.5. The number of aliphatic hydroxyl groups excluding tert-OH is 1. The Bertz CT molecular complexity index is 1040. The number of carbonyl (C=O) groups excluding carboxylic acids is 2. The summed E-state index contributed by atoms with van der Waals surface area (Å²) in [7, 11) is 0. The van der Waals surface area contributed by atoms with E-state index < -0.39 is 11.8 Å². The fourth-order valence-electron chi connectivity index (χ4n) is 2.93. The van der Waals surface area contributed by atoms with E-state index in [4.69, 9.17) is 21.1 Å². The van der Waals surface area contributed by atoms with Crippen LogP contribution in [-0.4, -0.2) is 35.0 Å². The molecule has 1 aromatic heterocycles. The lowest BCUT2D eigenvalue weighted by molar-refractivity contribution is -0.140. The summed E-state index contributed by atoms with van der Waals surface area (Å²) in [4.78, 5) is 26.2. The highest BCUT2D eigenvalue weighted by Crippen LogP contribution is 2.30. The van der Waals surface area contributed by atoms with Gasteiger partial charge in [-0.25, -0.2) is 0 Å². The van der Waals surface area contributed by atoms with Gasteiger partial charge in [-0.2, -0.15) is 5.26 Å². The number of aliphatic hydroxyl groups is 1. The lowest BCUT2D eigenvalue weighted by Gasteiger charge is -2.27. The number of benzene rings is 1. The van der Waals surface area contributed by atoms with Crippen LogP contribution < -0.4 is 0 Å². The molecule has 0 radical (unpaired) electrons. The fourth-order valence-corrected chi connectivity index (χ4v) is 3.12. The van der Waals surface area contributed by atoms with Gasteiger partial charge < -0.3 is 9.52 Å². The van der Waals surface area contributed by atoms with Gasteiger partial charge >= 0.3 is 0 Å². The minimum atomic E-state index is -0.644. The molecular weight excluding hydrogens is 380 g/mol. The Morgan fingerprint density at radius 2 is 2.04 bits per heavy atom. The average molecular weight is 397 g/mol. The number of hydrogen-bond acceptors (Lipinski definition) is 5. The quantitative estimate of drug-likeness (QED) is 0.615. The van der Waals surface area contributed by atoms with Crippen LogP contribution >= 0.6 is 11.6 Å². The Morgan fingerprint density at radius 1 is 1.25 bits per heavy atom. The molecule has 1 aromatic carbocycles. The van der Waals surface area contributed by atoms with Crippen molar-refractivity contribution in [2.75, 3.05) is 13.2 Å². The Balaban J connectivity index is 2.00. The molecule has 2 heterocycles. The Morgan fingerprint density at radius 3 is 2.71 bits per heavy atom. The summed E-state index contributed by atoms with van der Waals surface area (Å²) >= 11 is 6.01. The molecular formula is C21H17ClN2O4. The highest BCUT2D eigenvalue weighted by Gasteiger charge is 2.35. The van der Waals surface area contributed by atoms with Crippen LogP contribution in [0.5, 0.6) is 0 Å². The van der Waals surface area contributed by atoms with Gasteiger partial charge in [0.05, 0.1) is 0 Å². The zero-order chi connectivity index (χ0) is 20.3. The second kappa shape index (κ2) is 8.26. The molecule has 0 bridgehead atoms. The van der Waals surface area contributed by atoms with Gasteiger partial charge in [-0.3, -0.25) is 14.5 Å². The monoisotopic (exact) mass is 396 g/mol. The molecule has 3 rings (SSSR count). The molecule has 1 aliphatic heterocycles. The van der Waals surface area contributed by atoms with Crippen LogP contribution in [-0.2, 0) is 9.59 Å². The molecule has 7 heteroatoms. The number of furan rings is 1. The van der Waals surface area contributed by atoms with E-state index in [0.29, 0.717) is 22.1 Å². The number of amides is 2. The number of halogens is 1. The van der Waals surface area contributed by atoms with Crippen molar-refractivity contribution in [2.45, 2.75) is 13.3 Å². The second-order valence-electron chi connectivity index (χ2n) is 6.22. The minimum Gasteiger partial charge on any atom is -0.457 e. The van der Waals surface area contributed by atoms with Crippen LogP contribution in [0.25, 0.3) is 17.4 Å². The normalized spacial score (nSPS) is 16.1. The first-order valence-corrected chi connectivity index (χ1v) is 9.00. The van der Waals surface area contributed by atoms with E-state index in [1.54, 1.807) is 37.3 Å². The van der Waals surface area contributed by atoms with E-state index in [1.807, 2.05) is 12.1 Å². The third-order valence-corrected chi connectivity index (χ3v) is 4.62. The predicted molar refractivity (Wildman–Crippen MR) is 104 cm³/mol. The SMILES string of the molecule is CC1=C(C#N)C(=O)N(CCCO)C(=O)/C1=C\c1ccc(-c2cccc(Cl)c2)o1. The van der Waals surface area contributed by atoms with E-state index in [1.165, 1.54) is 6.08 Å². The zero-order valence-electron chi connectivity index (χ0n) is 15.1. The average Bonchev–Trinajstić information content (AvgIpc) is 3.14. The highest BCUT2D eigenvalue weighted by molar-refractivity contribution is 6.30. The third-order valence-electron chi connectivity index (χ3n) is 4.39. The maximum Gasteiger partial charge on any atom is 0.271 e. The Kier molecular flexibility index (Phi) is 5.78. The minimum absolute atomic E-state index is 0.0376. The largest absolute Gasteiger partial charge is 0.457 e. The maximum atomic E-state index is 12.8. The first-order valence-electron chi connectivity index (χ1n) is 8.62. The van der Waals surface area contributed by atoms with Crippen LogP contribution in [0.3, 0.4) is 0 Å². The highest BCUT2D eigenvalue weighted by atomic mass is 35.5. The van der Waals surface area contributed by atoms with Gasteiger partial charge in [0.25, 0.3) is 11.8 Å². The van der Waals surface area contributed by atoms with Gasteiger partial charge in [0.1, 0.15) is 23.2 Å². The van der Waals surface area contributed by atoms with E-state index in [0.717, 1.165) is 10.5 Å². The summed E-state index contributed by atoms with van der Waals surface area (Å²) < 4.78 is 5.80. The van der Waals surface area contributed by atoms with E-state index in [-0.39, 0.29) is 30.7 Å². The summed E-state index contributed by atoms with van der Waals surface area (Å²) in [5, 5.41) is 18.9. The molecule has 0 aliphatic carbocycles. The van der Waals surface area contributed by atoms with Gasteiger partial charge in [-0.05, 0) is 49.3 Å². The summed E-state index contributed by atoms with van der Waals surface area (Å²) in [6.45, 7) is 1.43. The van der Waals surface area contributed by atoms with E-state index >= 15 is 0 Å².